The quantitative estimate of drug-likeness (QED) is 0.471. The van der Waals surface area contributed by atoms with Crippen molar-refractivity contribution in [3.8, 4) is 5.75 Å². The maximum Gasteiger partial charge on any atom is 0.422 e. The van der Waals surface area contributed by atoms with Crippen LogP contribution in [0.1, 0.15) is 50.7 Å². The fraction of sp³-hybridized carbons (Fsp3) is 0.520. The topological polar surface area (TPSA) is 71.9 Å². The van der Waals surface area contributed by atoms with Gasteiger partial charge in [0, 0.05) is 30.2 Å². The van der Waals surface area contributed by atoms with Crippen LogP contribution in [0.25, 0.3) is 0 Å². The molecule has 1 aromatic heterocycles. The van der Waals surface area contributed by atoms with E-state index in [9.17, 15) is 23.1 Å². The van der Waals surface area contributed by atoms with Gasteiger partial charge in [-0.15, -0.1) is 0 Å². The average molecular weight is 515 g/mol. The van der Waals surface area contributed by atoms with E-state index in [0.29, 0.717) is 50.7 Å². The first kappa shape index (κ1) is 27.1. The number of piperidine rings is 1. The molecule has 1 aromatic carbocycles. The minimum atomic E-state index is -5.00. The maximum atomic E-state index is 14.4. The Morgan fingerprint density at radius 3 is 2.46 bits per heavy atom. The lowest BCUT2D eigenvalue weighted by atomic mass is 9.78. The third-order valence-electron chi connectivity index (χ3n) is 6.43. The molecule has 192 valence electrons. The number of rotatable bonds is 8. The van der Waals surface area contributed by atoms with Gasteiger partial charge in [0.15, 0.2) is 5.60 Å². The van der Waals surface area contributed by atoms with Crippen molar-refractivity contribution >= 4 is 23.4 Å². The highest BCUT2D eigenvalue weighted by Crippen LogP contribution is 2.50. The molecule has 0 radical (unpaired) electrons. The molecule has 2 aromatic rings. The first-order valence-electron chi connectivity index (χ1n) is 11.6. The van der Waals surface area contributed by atoms with Crippen molar-refractivity contribution in [1.29, 1.82) is 0 Å². The Bertz CT molecular complexity index is 1030. The van der Waals surface area contributed by atoms with Crippen molar-refractivity contribution in [3.05, 3.63) is 52.7 Å². The van der Waals surface area contributed by atoms with Crippen molar-refractivity contribution in [2.75, 3.05) is 31.2 Å². The number of hydrogen-bond donors (Lipinski definition) is 1. The normalized spacial score (nSPS) is 17.5. The number of esters is 1. The van der Waals surface area contributed by atoms with E-state index in [1.807, 2.05) is 4.90 Å². The second-order valence-electron chi connectivity index (χ2n) is 8.52. The zero-order chi connectivity index (χ0) is 25.8. The summed E-state index contributed by atoms with van der Waals surface area (Å²) < 4.78 is 53.8. The first-order valence-corrected chi connectivity index (χ1v) is 12.0. The predicted octanol–water partition coefficient (Wildman–Crippen LogP) is 5.47. The molecule has 0 bridgehead atoms. The average Bonchev–Trinajstić information content (AvgIpc) is 2.83. The minimum Gasteiger partial charge on any atom is -0.494 e. The molecule has 0 amide bonds. The lowest BCUT2D eigenvalue weighted by molar-refractivity contribution is -0.274. The molecule has 0 spiro atoms. The van der Waals surface area contributed by atoms with Crippen molar-refractivity contribution < 1.29 is 32.5 Å². The van der Waals surface area contributed by atoms with Crippen LogP contribution in [-0.2, 0) is 15.1 Å². The summed E-state index contributed by atoms with van der Waals surface area (Å²) in [4.78, 5) is 18.0. The summed E-state index contributed by atoms with van der Waals surface area (Å²) >= 11 is 6.30. The lowest BCUT2D eigenvalue weighted by Crippen LogP contribution is -2.47. The highest BCUT2D eigenvalue weighted by atomic mass is 35.5. The van der Waals surface area contributed by atoms with Crippen molar-refractivity contribution in [3.63, 3.8) is 0 Å². The number of carbonyl (C=O) groups is 1. The van der Waals surface area contributed by atoms with Crippen molar-refractivity contribution in [2.24, 2.45) is 5.92 Å². The molecule has 2 atom stereocenters. The molecule has 1 aliphatic rings. The Balaban J connectivity index is 1.91. The fourth-order valence-corrected chi connectivity index (χ4v) is 4.77. The number of aromatic nitrogens is 1. The maximum absolute atomic E-state index is 14.4. The highest BCUT2D eigenvalue weighted by molar-refractivity contribution is 6.31. The second-order valence-corrected chi connectivity index (χ2v) is 8.93. The van der Waals surface area contributed by atoms with E-state index in [1.165, 1.54) is 43.5 Å². The van der Waals surface area contributed by atoms with E-state index in [-0.39, 0.29) is 28.0 Å². The summed E-state index contributed by atoms with van der Waals surface area (Å²) in [5.41, 5.74) is -3.41. The van der Waals surface area contributed by atoms with E-state index < -0.39 is 17.7 Å². The molecular formula is C25H30ClF3N2O4. The van der Waals surface area contributed by atoms with Gasteiger partial charge >= 0.3 is 12.1 Å². The van der Waals surface area contributed by atoms with Crippen LogP contribution in [0.15, 0.2) is 36.5 Å². The molecule has 2 heterocycles. The van der Waals surface area contributed by atoms with Crippen LogP contribution in [0.4, 0.5) is 19.0 Å². The monoisotopic (exact) mass is 514 g/mol. The van der Waals surface area contributed by atoms with Crippen LogP contribution >= 0.6 is 11.6 Å². The van der Waals surface area contributed by atoms with Gasteiger partial charge in [0.2, 0.25) is 0 Å². The minimum absolute atomic E-state index is 0.0708. The summed E-state index contributed by atoms with van der Waals surface area (Å²) in [6.45, 7) is 6.37. The Hall–Kier alpha value is -2.52. The lowest BCUT2D eigenvalue weighted by Gasteiger charge is -2.38. The van der Waals surface area contributed by atoms with Gasteiger partial charge < -0.3 is 19.5 Å². The van der Waals surface area contributed by atoms with E-state index in [0.717, 1.165) is 0 Å². The van der Waals surface area contributed by atoms with Gasteiger partial charge in [0.05, 0.1) is 19.1 Å². The molecule has 0 saturated carbocycles. The largest absolute Gasteiger partial charge is 0.494 e. The molecule has 1 N–H and O–H groups in total. The number of anilines is 1. The number of hydrogen-bond acceptors (Lipinski definition) is 6. The molecule has 1 fully saturated rings. The van der Waals surface area contributed by atoms with E-state index in [2.05, 4.69) is 4.98 Å². The van der Waals surface area contributed by atoms with Gasteiger partial charge in [-0.25, -0.2) is 4.98 Å². The molecule has 0 aliphatic carbocycles. The Morgan fingerprint density at radius 1 is 1.20 bits per heavy atom. The molecule has 3 rings (SSSR count). The summed E-state index contributed by atoms with van der Waals surface area (Å²) in [7, 11) is 0. The molecule has 1 aliphatic heterocycles. The molecule has 2 unspecified atom stereocenters. The van der Waals surface area contributed by atoms with Gasteiger partial charge in [0.25, 0.3) is 0 Å². The molecular weight excluding hydrogens is 485 g/mol. The van der Waals surface area contributed by atoms with Crippen molar-refractivity contribution in [2.45, 2.75) is 51.3 Å². The van der Waals surface area contributed by atoms with Crippen LogP contribution in [0.3, 0.4) is 0 Å². The number of carbonyl (C=O) groups excluding carboxylic acids is 1. The number of ether oxygens (including phenoxy) is 2. The molecule has 10 heteroatoms. The van der Waals surface area contributed by atoms with Crippen LogP contribution < -0.4 is 9.64 Å². The van der Waals surface area contributed by atoms with E-state index in [4.69, 9.17) is 21.1 Å². The number of pyridine rings is 1. The zero-order valence-corrected chi connectivity index (χ0v) is 20.7. The van der Waals surface area contributed by atoms with Gasteiger partial charge in [-0.1, -0.05) is 24.6 Å². The zero-order valence-electron chi connectivity index (χ0n) is 19.9. The standard InChI is InChI=1S/C25H30ClF3N2O4/c1-4-34-19-6-7-20(21(26)15-19)16(3)24(33,25(27,28)29)18-8-11-30-22(14-18)31-12-9-17(10-13-31)23(32)35-5-2/h6-8,11,14-17,33H,4-5,9-10,12-13H2,1-3H3. The SMILES string of the molecule is CCOC(=O)C1CCN(c2cc(C(O)(C(C)c3ccc(OCC)cc3Cl)C(F)(F)F)ccn2)CC1. The van der Waals surface area contributed by atoms with Crippen LogP contribution in [0.5, 0.6) is 5.75 Å². The number of benzene rings is 1. The number of halogens is 4. The van der Waals surface area contributed by atoms with Crippen LogP contribution in [0.2, 0.25) is 5.02 Å². The summed E-state index contributed by atoms with van der Waals surface area (Å²) in [5, 5.41) is 11.3. The summed E-state index contributed by atoms with van der Waals surface area (Å²) in [5.74, 6) is -1.20. The summed E-state index contributed by atoms with van der Waals surface area (Å²) in [6.07, 6.45) is -2.73. The van der Waals surface area contributed by atoms with Crippen LogP contribution in [-0.4, -0.2) is 48.5 Å². The number of nitrogens with zero attached hydrogens (tertiary/aromatic N) is 2. The molecule has 35 heavy (non-hydrogen) atoms. The number of alkyl halides is 3. The van der Waals surface area contributed by atoms with E-state index >= 15 is 0 Å². The van der Waals surface area contributed by atoms with Crippen molar-refractivity contribution in [1.82, 2.24) is 4.98 Å². The molecule has 1 saturated heterocycles. The van der Waals surface area contributed by atoms with Gasteiger partial charge in [-0.3, -0.25) is 4.79 Å². The van der Waals surface area contributed by atoms with Gasteiger partial charge in [0.1, 0.15) is 11.6 Å². The third-order valence-corrected chi connectivity index (χ3v) is 6.76. The predicted molar refractivity (Wildman–Crippen MR) is 127 cm³/mol. The number of aliphatic hydroxyl groups is 1. The van der Waals surface area contributed by atoms with E-state index in [1.54, 1.807) is 13.8 Å². The fourth-order valence-electron chi connectivity index (χ4n) is 4.43. The molecule has 6 nitrogen and oxygen atoms in total. The summed E-state index contributed by atoms with van der Waals surface area (Å²) in [6, 6.07) is 6.85. The Morgan fingerprint density at radius 2 is 1.89 bits per heavy atom. The van der Waals surface area contributed by atoms with Gasteiger partial charge in [-0.05, 0) is 62.1 Å². The third kappa shape index (κ3) is 5.67. The Kier molecular flexibility index (Phi) is 8.54. The second kappa shape index (κ2) is 11.0. The Labute approximate surface area is 208 Å². The van der Waals surface area contributed by atoms with Crippen LogP contribution in [0, 0.1) is 5.92 Å². The smallest absolute Gasteiger partial charge is 0.422 e. The first-order chi connectivity index (χ1) is 16.5. The highest BCUT2D eigenvalue weighted by Gasteiger charge is 2.59. The van der Waals surface area contributed by atoms with Gasteiger partial charge in [-0.2, -0.15) is 13.2 Å².